The van der Waals surface area contributed by atoms with E-state index >= 15 is 0 Å². The third-order valence-corrected chi connectivity index (χ3v) is 3.77. The summed E-state index contributed by atoms with van der Waals surface area (Å²) in [5, 5.41) is 4.31. The van der Waals surface area contributed by atoms with Crippen molar-refractivity contribution in [2.75, 3.05) is 6.26 Å². The molecule has 108 valence electrons. The Hall–Kier alpha value is -2.01. The van der Waals surface area contributed by atoms with Gasteiger partial charge in [-0.25, -0.2) is 9.67 Å². The molecule has 0 aliphatic heterocycles. The molecule has 4 nitrogen and oxygen atoms in total. The van der Waals surface area contributed by atoms with Gasteiger partial charge in [-0.05, 0) is 30.9 Å². The fraction of sp³-hybridized carbons (Fsp3) is 0.250. The average molecular weight is 299 g/mol. The molecule has 21 heavy (non-hydrogen) atoms. The summed E-state index contributed by atoms with van der Waals surface area (Å²) in [6.07, 6.45) is 3.63. The zero-order valence-corrected chi connectivity index (χ0v) is 12.9. The molecule has 3 rings (SSSR count). The molecule has 0 fully saturated rings. The van der Waals surface area contributed by atoms with Crippen LogP contribution >= 0.6 is 11.8 Å². The molecule has 0 aliphatic carbocycles. The summed E-state index contributed by atoms with van der Waals surface area (Å²) < 4.78 is 7.70. The topological polar surface area (TPSA) is 43.9 Å². The number of hydrogen-bond acceptors (Lipinski definition) is 4. The lowest BCUT2D eigenvalue weighted by atomic mass is 10.1. The first kappa shape index (κ1) is 13.9. The van der Waals surface area contributed by atoms with Crippen LogP contribution in [-0.2, 0) is 12.3 Å². The van der Waals surface area contributed by atoms with Crippen LogP contribution in [-0.4, -0.2) is 21.0 Å². The maximum absolute atomic E-state index is 5.83. The number of nitrogens with zero attached hydrogens (tertiary/aromatic N) is 3. The third kappa shape index (κ3) is 3.19. The second-order valence-corrected chi connectivity index (χ2v) is 5.80. The van der Waals surface area contributed by atoms with E-state index in [9.17, 15) is 0 Å². The molecular weight excluding hydrogens is 282 g/mol. The highest BCUT2D eigenvalue weighted by molar-refractivity contribution is 7.97. The highest BCUT2D eigenvalue weighted by atomic mass is 32.2. The van der Waals surface area contributed by atoms with Gasteiger partial charge in [0.05, 0.1) is 12.3 Å². The molecule has 0 aliphatic rings. The van der Waals surface area contributed by atoms with Crippen molar-refractivity contribution < 1.29 is 4.42 Å². The highest BCUT2D eigenvalue weighted by Crippen LogP contribution is 2.22. The van der Waals surface area contributed by atoms with E-state index in [1.165, 1.54) is 11.1 Å². The molecule has 1 aromatic carbocycles. The lowest BCUT2D eigenvalue weighted by Crippen LogP contribution is -2.03. The minimum absolute atomic E-state index is 0.690. The van der Waals surface area contributed by atoms with Crippen LogP contribution in [0.2, 0.25) is 0 Å². The van der Waals surface area contributed by atoms with Gasteiger partial charge in [0.1, 0.15) is 12.1 Å². The number of rotatable bonds is 5. The Bertz CT molecular complexity index is 732. The van der Waals surface area contributed by atoms with Gasteiger partial charge in [-0.2, -0.15) is 16.9 Å². The summed E-state index contributed by atoms with van der Waals surface area (Å²) in [6, 6.07) is 12.4. The van der Waals surface area contributed by atoms with Crippen molar-refractivity contribution in [1.29, 1.82) is 0 Å². The molecule has 0 saturated carbocycles. The normalized spacial score (nSPS) is 11.0. The van der Waals surface area contributed by atoms with E-state index in [-0.39, 0.29) is 0 Å². The molecule has 0 radical (unpaired) electrons. The molecule has 0 bridgehead atoms. The maximum atomic E-state index is 5.83. The van der Waals surface area contributed by atoms with E-state index in [0.717, 1.165) is 23.1 Å². The predicted octanol–water partition coefficient (Wildman–Crippen LogP) is 3.76. The Morgan fingerprint density at radius 2 is 2.14 bits per heavy atom. The van der Waals surface area contributed by atoms with Crippen molar-refractivity contribution in [2.24, 2.45) is 0 Å². The standard InChI is InChI=1S/C16H17N3OS/c1-12-4-3-5-13(8-12)9-19-16(17-11-18-19)15-7-6-14(20-15)10-21-2/h3-8,11H,9-10H2,1-2H3. The lowest BCUT2D eigenvalue weighted by molar-refractivity contribution is 0.532. The fourth-order valence-corrected chi connectivity index (χ4v) is 2.71. The number of aromatic nitrogens is 3. The number of thioether (sulfide) groups is 1. The van der Waals surface area contributed by atoms with Gasteiger partial charge in [0.2, 0.25) is 0 Å². The largest absolute Gasteiger partial charge is 0.457 e. The Morgan fingerprint density at radius 1 is 1.24 bits per heavy atom. The number of hydrogen-bond donors (Lipinski definition) is 0. The Morgan fingerprint density at radius 3 is 2.95 bits per heavy atom. The summed E-state index contributed by atoms with van der Waals surface area (Å²) in [5.74, 6) is 3.36. The van der Waals surface area contributed by atoms with E-state index in [1.807, 2.05) is 16.8 Å². The highest BCUT2D eigenvalue weighted by Gasteiger charge is 2.12. The Kier molecular flexibility index (Phi) is 4.10. The molecule has 0 saturated heterocycles. The van der Waals surface area contributed by atoms with Crippen molar-refractivity contribution in [3.05, 3.63) is 59.6 Å². The zero-order valence-electron chi connectivity index (χ0n) is 12.1. The van der Waals surface area contributed by atoms with Crippen LogP contribution in [0.25, 0.3) is 11.6 Å². The lowest BCUT2D eigenvalue weighted by Gasteiger charge is -2.05. The Balaban J connectivity index is 1.86. The van der Waals surface area contributed by atoms with Crippen LogP contribution < -0.4 is 0 Å². The van der Waals surface area contributed by atoms with Crippen molar-refractivity contribution in [1.82, 2.24) is 14.8 Å². The molecule has 0 atom stereocenters. The minimum atomic E-state index is 0.690. The van der Waals surface area contributed by atoms with Gasteiger partial charge in [0.25, 0.3) is 0 Å². The van der Waals surface area contributed by atoms with Crippen LogP contribution in [0.1, 0.15) is 16.9 Å². The molecule has 2 aromatic heterocycles. The summed E-state index contributed by atoms with van der Waals surface area (Å²) in [7, 11) is 0. The Labute approximate surface area is 128 Å². The van der Waals surface area contributed by atoms with Gasteiger partial charge in [-0.1, -0.05) is 29.8 Å². The monoisotopic (exact) mass is 299 g/mol. The van der Waals surface area contributed by atoms with Crippen molar-refractivity contribution in [3.8, 4) is 11.6 Å². The van der Waals surface area contributed by atoms with Gasteiger partial charge in [-0.15, -0.1) is 0 Å². The first-order chi connectivity index (χ1) is 10.3. The fourth-order valence-electron chi connectivity index (χ4n) is 2.27. The van der Waals surface area contributed by atoms with Gasteiger partial charge in [0, 0.05) is 0 Å². The van der Waals surface area contributed by atoms with E-state index in [0.29, 0.717) is 6.54 Å². The maximum Gasteiger partial charge on any atom is 0.194 e. The summed E-state index contributed by atoms with van der Waals surface area (Å²) in [5.41, 5.74) is 2.45. The minimum Gasteiger partial charge on any atom is -0.457 e. The van der Waals surface area contributed by atoms with Crippen molar-refractivity contribution in [3.63, 3.8) is 0 Å². The van der Waals surface area contributed by atoms with E-state index in [2.05, 4.69) is 47.5 Å². The molecular formula is C16H17N3OS. The van der Waals surface area contributed by atoms with Crippen molar-refractivity contribution in [2.45, 2.75) is 19.2 Å². The third-order valence-electron chi connectivity index (χ3n) is 3.20. The molecule has 5 heteroatoms. The average Bonchev–Trinajstić information content (AvgIpc) is 3.08. The summed E-state index contributed by atoms with van der Waals surface area (Å²) in [4.78, 5) is 4.33. The van der Waals surface area contributed by atoms with Gasteiger partial charge in [-0.3, -0.25) is 0 Å². The second-order valence-electron chi connectivity index (χ2n) is 4.93. The van der Waals surface area contributed by atoms with E-state index in [1.54, 1.807) is 18.1 Å². The number of benzene rings is 1. The molecule has 0 amide bonds. The number of furan rings is 1. The van der Waals surface area contributed by atoms with Crippen molar-refractivity contribution >= 4 is 11.8 Å². The van der Waals surface area contributed by atoms with Gasteiger partial charge < -0.3 is 4.42 Å². The quantitative estimate of drug-likeness (QED) is 0.719. The molecule has 2 heterocycles. The van der Waals surface area contributed by atoms with E-state index < -0.39 is 0 Å². The SMILES string of the molecule is CSCc1ccc(-c2ncnn2Cc2cccc(C)c2)o1. The molecule has 3 aromatic rings. The van der Waals surface area contributed by atoms with Crippen LogP contribution in [0.5, 0.6) is 0 Å². The number of aryl methyl sites for hydroxylation is 1. The smallest absolute Gasteiger partial charge is 0.194 e. The summed E-state index contributed by atoms with van der Waals surface area (Å²) >= 11 is 1.74. The van der Waals surface area contributed by atoms with Crippen LogP contribution in [0, 0.1) is 6.92 Å². The van der Waals surface area contributed by atoms with Crippen LogP contribution in [0.15, 0.2) is 47.1 Å². The zero-order chi connectivity index (χ0) is 14.7. The predicted molar refractivity (Wildman–Crippen MR) is 85.2 cm³/mol. The first-order valence-corrected chi connectivity index (χ1v) is 8.17. The van der Waals surface area contributed by atoms with E-state index in [4.69, 9.17) is 4.42 Å². The first-order valence-electron chi connectivity index (χ1n) is 6.77. The molecule has 0 unspecified atom stereocenters. The van der Waals surface area contributed by atoms with Gasteiger partial charge >= 0.3 is 0 Å². The summed E-state index contributed by atoms with van der Waals surface area (Å²) in [6.45, 7) is 2.78. The second kappa shape index (κ2) is 6.18. The molecule has 0 spiro atoms. The molecule has 0 N–H and O–H groups in total. The van der Waals surface area contributed by atoms with Gasteiger partial charge in [0.15, 0.2) is 11.6 Å². The van der Waals surface area contributed by atoms with Crippen LogP contribution in [0.4, 0.5) is 0 Å². The van der Waals surface area contributed by atoms with Crippen LogP contribution in [0.3, 0.4) is 0 Å².